The Labute approximate surface area is 212 Å². The minimum absolute atomic E-state index is 0.0214. The second-order valence-corrected chi connectivity index (χ2v) is 8.89. The molecule has 4 aromatic rings. The topological polar surface area (TPSA) is 64.0 Å². The van der Waals surface area contributed by atoms with Gasteiger partial charge < -0.3 is 9.88 Å². The van der Waals surface area contributed by atoms with Crippen molar-refractivity contribution in [1.82, 2.24) is 14.9 Å². The maximum atomic E-state index is 13.5. The van der Waals surface area contributed by atoms with Crippen LogP contribution in [0.4, 0.5) is 26.3 Å². The third-order valence-corrected chi connectivity index (χ3v) is 6.17. The molecule has 11 heteroatoms. The first-order chi connectivity index (χ1) is 17.7. The summed E-state index contributed by atoms with van der Waals surface area (Å²) < 4.78 is 81.1. The number of nitrogens with one attached hydrogen (secondary N) is 1. The predicted octanol–water partition coefficient (Wildman–Crippen LogP) is 6.44. The van der Waals surface area contributed by atoms with Crippen LogP contribution in [0.25, 0.3) is 22.0 Å². The van der Waals surface area contributed by atoms with Gasteiger partial charge in [-0.1, -0.05) is 35.9 Å². The largest absolute Gasteiger partial charge is 0.416 e. The average Bonchev–Trinajstić information content (AvgIpc) is 2.85. The van der Waals surface area contributed by atoms with E-state index >= 15 is 0 Å². The number of carbonyl (C=O) groups excluding carboxylic acids is 1. The number of hydrogen-bond acceptors (Lipinski definition) is 3. The molecular formula is C27H21F6N3O2. The number of alkyl halides is 6. The van der Waals surface area contributed by atoms with Gasteiger partial charge in [0.15, 0.2) is 0 Å². The molecule has 0 saturated carbocycles. The Hall–Kier alpha value is -4.15. The number of halogens is 6. The van der Waals surface area contributed by atoms with Crippen LogP contribution >= 0.6 is 0 Å². The quantitative estimate of drug-likeness (QED) is 0.307. The summed E-state index contributed by atoms with van der Waals surface area (Å²) in [6.45, 7) is 3.13. The van der Waals surface area contributed by atoms with Gasteiger partial charge in [-0.25, -0.2) is 0 Å². The van der Waals surface area contributed by atoms with Gasteiger partial charge in [0.1, 0.15) is 11.2 Å². The molecule has 38 heavy (non-hydrogen) atoms. The Morgan fingerprint density at radius 1 is 0.947 bits per heavy atom. The van der Waals surface area contributed by atoms with Crippen LogP contribution in [0.3, 0.4) is 0 Å². The molecule has 2 aromatic heterocycles. The van der Waals surface area contributed by atoms with Crippen molar-refractivity contribution < 1.29 is 31.1 Å². The Morgan fingerprint density at radius 3 is 2.08 bits per heavy atom. The zero-order valence-corrected chi connectivity index (χ0v) is 20.3. The number of rotatable bonds is 4. The highest BCUT2D eigenvalue weighted by molar-refractivity contribution is 6.07. The number of pyridine rings is 2. The van der Waals surface area contributed by atoms with E-state index in [0.29, 0.717) is 28.6 Å². The van der Waals surface area contributed by atoms with Crippen molar-refractivity contribution in [2.75, 3.05) is 0 Å². The van der Waals surface area contributed by atoms with Gasteiger partial charge >= 0.3 is 12.4 Å². The molecule has 0 unspecified atom stereocenters. The molecule has 0 aliphatic carbocycles. The summed E-state index contributed by atoms with van der Waals surface area (Å²) in [5.74, 6) is -0.857. The van der Waals surface area contributed by atoms with Crippen LogP contribution in [-0.4, -0.2) is 15.5 Å². The molecule has 0 saturated heterocycles. The summed E-state index contributed by atoms with van der Waals surface area (Å²) in [4.78, 5) is 30.7. The molecule has 4 rings (SSSR count). The Balaban J connectivity index is 1.85. The van der Waals surface area contributed by atoms with E-state index in [1.807, 2.05) is 6.92 Å². The molecule has 0 spiro atoms. The van der Waals surface area contributed by atoms with Gasteiger partial charge in [-0.3, -0.25) is 14.6 Å². The highest BCUT2D eigenvalue weighted by Gasteiger charge is 2.37. The van der Waals surface area contributed by atoms with Crippen LogP contribution in [0.1, 0.15) is 45.7 Å². The highest BCUT2D eigenvalue weighted by Crippen LogP contribution is 2.38. The number of hydrogen-bond donors (Lipinski definition) is 1. The highest BCUT2D eigenvalue weighted by atomic mass is 19.4. The molecular weight excluding hydrogens is 512 g/mol. The molecule has 0 aliphatic rings. The van der Waals surface area contributed by atoms with Crippen molar-refractivity contribution >= 4 is 16.8 Å². The second kappa shape index (κ2) is 9.62. The molecule has 198 valence electrons. The third kappa shape index (κ3) is 5.13. The molecule has 1 N–H and O–H groups in total. The molecule has 5 nitrogen and oxygen atoms in total. The van der Waals surface area contributed by atoms with Crippen molar-refractivity contribution in [3.05, 3.63) is 99.1 Å². The fourth-order valence-electron chi connectivity index (χ4n) is 4.19. The predicted molar refractivity (Wildman–Crippen MR) is 129 cm³/mol. The average molecular weight is 533 g/mol. The van der Waals surface area contributed by atoms with Crippen LogP contribution in [-0.2, 0) is 19.4 Å². The Bertz CT molecular complexity index is 1560. The molecule has 0 fully saturated rings. The van der Waals surface area contributed by atoms with Crippen LogP contribution < -0.4 is 10.9 Å². The normalized spacial score (nSPS) is 13.0. The lowest BCUT2D eigenvalue weighted by Crippen LogP contribution is -2.34. The van der Waals surface area contributed by atoms with E-state index in [9.17, 15) is 35.9 Å². The number of amides is 1. The number of nitrogens with zero attached hydrogens (tertiary/aromatic N) is 2. The Morgan fingerprint density at radius 2 is 1.53 bits per heavy atom. The molecule has 0 radical (unpaired) electrons. The van der Waals surface area contributed by atoms with E-state index in [2.05, 4.69) is 10.3 Å². The molecule has 2 aromatic carbocycles. The number of benzene rings is 2. The van der Waals surface area contributed by atoms with Gasteiger partial charge in [0.2, 0.25) is 0 Å². The maximum Gasteiger partial charge on any atom is 0.416 e. The summed E-state index contributed by atoms with van der Waals surface area (Å²) in [6, 6.07) is 10.2. The van der Waals surface area contributed by atoms with Crippen molar-refractivity contribution in [2.24, 2.45) is 7.05 Å². The minimum Gasteiger partial charge on any atom is -0.344 e. The van der Waals surface area contributed by atoms with Crippen molar-refractivity contribution in [2.45, 2.75) is 32.2 Å². The van der Waals surface area contributed by atoms with Crippen LogP contribution in [0.5, 0.6) is 0 Å². The summed E-state index contributed by atoms with van der Waals surface area (Å²) in [7, 11) is 1.35. The molecule has 1 atom stereocenters. The monoisotopic (exact) mass is 533 g/mol. The van der Waals surface area contributed by atoms with E-state index < -0.39 is 46.6 Å². The fraction of sp³-hybridized carbons (Fsp3) is 0.222. The number of aryl methyl sites for hydroxylation is 1. The first-order valence-electron chi connectivity index (χ1n) is 11.3. The first kappa shape index (κ1) is 26.9. The number of aromatic nitrogens is 2. The SMILES string of the molecule is Cc1ccc(-c2c(C(=O)N[C@H](C)c3cc(C(F)(F)F)cc(C(F)(F)F)c3)n(C)c(=O)c3ncccc23)cc1. The zero-order chi connectivity index (χ0) is 28.0. The van der Waals surface area contributed by atoms with Gasteiger partial charge in [-0.15, -0.1) is 0 Å². The molecule has 0 bridgehead atoms. The lowest BCUT2D eigenvalue weighted by Gasteiger charge is -2.21. The van der Waals surface area contributed by atoms with Gasteiger partial charge in [0.25, 0.3) is 11.5 Å². The molecule has 1 amide bonds. The molecule has 2 heterocycles. The Kier molecular flexibility index (Phi) is 6.81. The van der Waals surface area contributed by atoms with Crippen molar-refractivity contribution in [1.29, 1.82) is 0 Å². The number of fused-ring (bicyclic) bond motifs is 1. The van der Waals surface area contributed by atoms with Crippen molar-refractivity contribution in [3.63, 3.8) is 0 Å². The molecule has 0 aliphatic heterocycles. The van der Waals surface area contributed by atoms with Gasteiger partial charge in [-0.2, -0.15) is 26.3 Å². The van der Waals surface area contributed by atoms with E-state index in [1.165, 1.54) is 20.2 Å². The van der Waals surface area contributed by atoms with E-state index in [0.717, 1.165) is 10.1 Å². The maximum absolute atomic E-state index is 13.5. The first-order valence-corrected chi connectivity index (χ1v) is 11.3. The lowest BCUT2D eigenvalue weighted by molar-refractivity contribution is -0.143. The zero-order valence-electron chi connectivity index (χ0n) is 20.3. The van der Waals surface area contributed by atoms with E-state index in [-0.39, 0.29) is 17.3 Å². The summed E-state index contributed by atoms with van der Waals surface area (Å²) >= 11 is 0. The van der Waals surface area contributed by atoms with Gasteiger partial charge in [0, 0.05) is 24.2 Å². The summed E-state index contributed by atoms with van der Waals surface area (Å²) in [5, 5.41) is 2.84. The van der Waals surface area contributed by atoms with Gasteiger partial charge in [-0.05, 0) is 49.2 Å². The van der Waals surface area contributed by atoms with Crippen molar-refractivity contribution in [3.8, 4) is 11.1 Å². The summed E-state index contributed by atoms with van der Waals surface area (Å²) in [6.07, 6.45) is -8.64. The standard InChI is InChI=1S/C27H21F6N3O2/c1-14-6-8-16(9-7-14)21-20-5-4-10-34-22(20)25(38)36(3)23(21)24(37)35-15(2)17-11-18(26(28,29)30)13-19(12-17)27(31,32)33/h4-13,15H,1-3H3,(H,35,37)/t15-/m1/s1. The minimum atomic E-state index is -5.03. The fourth-order valence-corrected chi connectivity index (χ4v) is 4.19. The smallest absolute Gasteiger partial charge is 0.344 e. The summed E-state index contributed by atoms with van der Waals surface area (Å²) in [5.41, 5.74) is -2.14. The van der Waals surface area contributed by atoms with Crippen LogP contribution in [0.2, 0.25) is 0 Å². The third-order valence-electron chi connectivity index (χ3n) is 6.17. The van der Waals surface area contributed by atoms with E-state index in [4.69, 9.17) is 0 Å². The van der Waals surface area contributed by atoms with Crippen LogP contribution in [0.15, 0.2) is 65.6 Å². The van der Waals surface area contributed by atoms with Gasteiger partial charge in [0.05, 0.1) is 17.2 Å². The second-order valence-electron chi connectivity index (χ2n) is 8.89. The lowest BCUT2D eigenvalue weighted by atomic mass is 9.96. The van der Waals surface area contributed by atoms with E-state index in [1.54, 1.807) is 36.4 Å². The number of carbonyl (C=O) groups is 1. The van der Waals surface area contributed by atoms with Crippen LogP contribution in [0, 0.1) is 6.92 Å².